The number of aromatic nitrogens is 4. The summed E-state index contributed by atoms with van der Waals surface area (Å²) >= 11 is 0. The molecular weight excluding hydrogens is 240 g/mol. The van der Waals surface area contributed by atoms with Crippen molar-refractivity contribution in [3.8, 4) is 17.1 Å². The standard InChI is InChI=1S/C14H12N4O/c19-12-6-7-13(15-8-12)14-10-18(17-16-14)9-11-4-2-1-3-5-11/h1-8,10,19H,9H2. The van der Waals surface area contributed by atoms with E-state index < -0.39 is 0 Å². The van der Waals surface area contributed by atoms with Crippen LogP contribution in [0.2, 0.25) is 0 Å². The number of hydrogen-bond acceptors (Lipinski definition) is 4. The molecule has 5 heteroatoms. The van der Waals surface area contributed by atoms with Gasteiger partial charge in [0.2, 0.25) is 0 Å². The summed E-state index contributed by atoms with van der Waals surface area (Å²) in [4.78, 5) is 4.10. The monoisotopic (exact) mass is 252 g/mol. The van der Waals surface area contributed by atoms with Crippen molar-refractivity contribution in [2.75, 3.05) is 0 Å². The highest BCUT2D eigenvalue weighted by Crippen LogP contribution is 2.16. The van der Waals surface area contributed by atoms with Crippen molar-refractivity contribution < 1.29 is 5.11 Å². The van der Waals surface area contributed by atoms with E-state index in [1.54, 1.807) is 16.8 Å². The lowest BCUT2D eigenvalue weighted by Crippen LogP contribution is -1.99. The molecule has 0 saturated heterocycles. The van der Waals surface area contributed by atoms with Gasteiger partial charge in [-0.2, -0.15) is 0 Å². The van der Waals surface area contributed by atoms with Crippen molar-refractivity contribution in [1.82, 2.24) is 20.0 Å². The molecule has 0 amide bonds. The predicted octanol–water partition coefficient (Wildman–Crippen LogP) is 2.09. The van der Waals surface area contributed by atoms with Crippen molar-refractivity contribution in [1.29, 1.82) is 0 Å². The van der Waals surface area contributed by atoms with Gasteiger partial charge in [-0.15, -0.1) is 5.10 Å². The van der Waals surface area contributed by atoms with Gasteiger partial charge in [-0.3, -0.25) is 4.98 Å². The molecular formula is C14H12N4O. The van der Waals surface area contributed by atoms with E-state index in [2.05, 4.69) is 15.3 Å². The molecule has 5 nitrogen and oxygen atoms in total. The van der Waals surface area contributed by atoms with E-state index in [0.29, 0.717) is 17.9 Å². The fourth-order valence-electron chi connectivity index (χ4n) is 1.80. The Hall–Kier alpha value is -2.69. The molecule has 0 unspecified atom stereocenters. The van der Waals surface area contributed by atoms with Gasteiger partial charge in [0, 0.05) is 0 Å². The first-order valence-electron chi connectivity index (χ1n) is 5.91. The first-order valence-corrected chi connectivity index (χ1v) is 5.91. The van der Waals surface area contributed by atoms with E-state index in [0.717, 1.165) is 5.56 Å². The molecule has 0 radical (unpaired) electrons. The van der Waals surface area contributed by atoms with Crippen molar-refractivity contribution >= 4 is 0 Å². The topological polar surface area (TPSA) is 63.8 Å². The second-order valence-electron chi connectivity index (χ2n) is 4.19. The second kappa shape index (κ2) is 4.89. The van der Waals surface area contributed by atoms with Crippen LogP contribution in [0.1, 0.15) is 5.56 Å². The average Bonchev–Trinajstić information content (AvgIpc) is 2.89. The number of aromatic hydroxyl groups is 1. The minimum absolute atomic E-state index is 0.139. The van der Waals surface area contributed by atoms with E-state index in [9.17, 15) is 5.11 Å². The summed E-state index contributed by atoms with van der Waals surface area (Å²) in [6.45, 7) is 0.673. The molecule has 0 atom stereocenters. The van der Waals surface area contributed by atoms with Crippen LogP contribution in [0.3, 0.4) is 0 Å². The molecule has 2 heterocycles. The Labute approximate surface area is 110 Å². The van der Waals surface area contributed by atoms with Crippen LogP contribution in [0.25, 0.3) is 11.4 Å². The van der Waals surface area contributed by atoms with E-state index in [1.165, 1.54) is 6.20 Å². The minimum atomic E-state index is 0.139. The van der Waals surface area contributed by atoms with E-state index in [1.807, 2.05) is 36.5 Å². The molecule has 0 fully saturated rings. The molecule has 94 valence electrons. The van der Waals surface area contributed by atoms with Crippen LogP contribution in [0.15, 0.2) is 54.9 Å². The number of benzene rings is 1. The molecule has 2 aromatic heterocycles. The Morgan fingerprint density at radius 1 is 1.00 bits per heavy atom. The molecule has 3 aromatic rings. The molecule has 1 N–H and O–H groups in total. The highest BCUT2D eigenvalue weighted by atomic mass is 16.3. The van der Waals surface area contributed by atoms with Gasteiger partial charge in [0.1, 0.15) is 11.4 Å². The van der Waals surface area contributed by atoms with Gasteiger partial charge >= 0.3 is 0 Å². The van der Waals surface area contributed by atoms with Crippen LogP contribution in [-0.2, 0) is 6.54 Å². The van der Waals surface area contributed by atoms with Gasteiger partial charge in [0.05, 0.1) is 24.6 Å². The summed E-state index contributed by atoms with van der Waals surface area (Å²) in [5, 5.41) is 17.4. The lowest BCUT2D eigenvalue weighted by Gasteiger charge is -1.99. The Morgan fingerprint density at radius 2 is 1.84 bits per heavy atom. The third-order valence-corrected chi connectivity index (χ3v) is 2.74. The largest absolute Gasteiger partial charge is 0.506 e. The number of rotatable bonds is 3. The van der Waals surface area contributed by atoms with Crippen molar-refractivity contribution in [2.24, 2.45) is 0 Å². The Kier molecular flexibility index (Phi) is 2.94. The molecule has 0 bridgehead atoms. The van der Waals surface area contributed by atoms with E-state index in [-0.39, 0.29) is 5.75 Å². The highest BCUT2D eigenvalue weighted by molar-refractivity contribution is 5.52. The third kappa shape index (κ3) is 2.60. The minimum Gasteiger partial charge on any atom is -0.506 e. The number of hydrogen-bond donors (Lipinski definition) is 1. The zero-order valence-electron chi connectivity index (χ0n) is 10.1. The van der Waals surface area contributed by atoms with Crippen LogP contribution >= 0.6 is 0 Å². The maximum Gasteiger partial charge on any atom is 0.133 e. The first kappa shape index (κ1) is 11.4. The zero-order chi connectivity index (χ0) is 13.1. The quantitative estimate of drug-likeness (QED) is 0.775. The summed E-state index contributed by atoms with van der Waals surface area (Å²) in [5.41, 5.74) is 2.55. The fourth-order valence-corrected chi connectivity index (χ4v) is 1.80. The summed E-state index contributed by atoms with van der Waals surface area (Å²) in [6, 6.07) is 13.4. The Bertz CT molecular complexity index is 661. The SMILES string of the molecule is Oc1ccc(-c2cn(Cc3ccccc3)nn2)nc1. The molecule has 0 aliphatic carbocycles. The molecule has 0 spiro atoms. The van der Waals surface area contributed by atoms with Crippen molar-refractivity contribution in [3.63, 3.8) is 0 Å². The maximum absolute atomic E-state index is 9.20. The van der Waals surface area contributed by atoms with Crippen LogP contribution in [0, 0.1) is 0 Å². The highest BCUT2D eigenvalue weighted by Gasteiger charge is 2.05. The van der Waals surface area contributed by atoms with Crippen LogP contribution in [-0.4, -0.2) is 25.1 Å². The van der Waals surface area contributed by atoms with Crippen molar-refractivity contribution in [2.45, 2.75) is 6.54 Å². The molecule has 0 saturated carbocycles. The van der Waals surface area contributed by atoms with Gasteiger partial charge in [-0.1, -0.05) is 35.5 Å². The molecule has 3 rings (SSSR count). The normalized spacial score (nSPS) is 10.5. The predicted molar refractivity (Wildman–Crippen MR) is 70.5 cm³/mol. The van der Waals surface area contributed by atoms with Gasteiger partial charge < -0.3 is 5.11 Å². The second-order valence-corrected chi connectivity index (χ2v) is 4.19. The Morgan fingerprint density at radius 3 is 2.58 bits per heavy atom. The van der Waals surface area contributed by atoms with Crippen LogP contribution in [0.5, 0.6) is 5.75 Å². The van der Waals surface area contributed by atoms with Crippen molar-refractivity contribution in [3.05, 3.63) is 60.4 Å². The van der Waals surface area contributed by atoms with E-state index >= 15 is 0 Å². The smallest absolute Gasteiger partial charge is 0.133 e. The number of pyridine rings is 1. The molecule has 0 aliphatic rings. The van der Waals surface area contributed by atoms with Crippen LogP contribution < -0.4 is 0 Å². The van der Waals surface area contributed by atoms with Gasteiger partial charge in [0.15, 0.2) is 0 Å². The average molecular weight is 252 g/mol. The summed E-state index contributed by atoms with van der Waals surface area (Å²) < 4.78 is 1.76. The molecule has 1 aromatic carbocycles. The lowest BCUT2D eigenvalue weighted by atomic mass is 10.2. The number of nitrogens with zero attached hydrogens (tertiary/aromatic N) is 4. The summed E-state index contributed by atoms with van der Waals surface area (Å²) in [7, 11) is 0. The Balaban J connectivity index is 1.82. The van der Waals surface area contributed by atoms with Gasteiger partial charge in [-0.25, -0.2) is 4.68 Å². The third-order valence-electron chi connectivity index (χ3n) is 2.74. The van der Waals surface area contributed by atoms with E-state index in [4.69, 9.17) is 0 Å². The summed E-state index contributed by atoms with van der Waals surface area (Å²) in [6.07, 6.45) is 3.23. The molecule has 19 heavy (non-hydrogen) atoms. The zero-order valence-corrected chi connectivity index (χ0v) is 10.1. The van der Waals surface area contributed by atoms with Gasteiger partial charge in [0.25, 0.3) is 0 Å². The van der Waals surface area contributed by atoms with Crippen LogP contribution in [0.4, 0.5) is 0 Å². The lowest BCUT2D eigenvalue weighted by molar-refractivity contribution is 0.473. The first-order chi connectivity index (χ1) is 9.31. The van der Waals surface area contributed by atoms with Gasteiger partial charge in [-0.05, 0) is 17.7 Å². The maximum atomic E-state index is 9.20. The molecule has 0 aliphatic heterocycles. The fraction of sp³-hybridized carbons (Fsp3) is 0.0714. The summed E-state index contributed by atoms with van der Waals surface area (Å²) in [5.74, 6) is 0.139.